The third-order valence-corrected chi connectivity index (χ3v) is 0.866. The Morgan fingerprint density at radius 1 is 2.00 bits per heavy atom. The van der Waals surface area contributed by atoms with E-state index in [1.165, 1.54) is 6.42 Å². The highest BCUT2D eigenvalue weighted by molar-refractivity contribution is 5.66. The summed E-state index contributed by atoms with van der Waals surface area (Å²) in [5, 5.41) is 3.58. The van der Waals surface area contributed by atoms with Crippen molar-refractivity contribution in [3.8, 4) is 0 Å². The van der Waals surface area contributed by atoms with Crippen LogP contribution < -0.4 is 0 Å². The Hall–Kier alpha value is -0.530. The molecule has 0 aromatic carbocycles. The molecule has 0 aromatic heterocycles. The lowest BCUT2D eigenvalue weighted by Gasteiger charge is -1.80. The maximum absolute atomic E-state index is 4.44. The van der Waals surface area contributed by atoms with E-state index in [1.807, 2.05) is 0 Å². The molecule has 1 aliphatic carbocycles. The van der Waals surface area contributed by atoms with Gasteiger partial charge in [-0.25, -0.2) is 0 Å². The van der Waals surface area contributed by atoms with E-state index in [-0.39, 0.29) is 0 Å². The Bertz CT molecular complexity index is 76.1. The monoisotopic (exact) mass is 98.1 g/mol. The molecule has 1 unspecified atom stereocenters. The molecule has 2 heteroatoms. The number of hydrogen-bond donors (Lipinski definition) is 0. The average molecular weight is 98.1 g/mol. The van der Waals surface area contributed by atoms with E-state index in [4.69, 9.17) is 0 Å². The largest absolute Gasteiger partial charge is 0.399 e. The smallest absolute Gasteiger partial charge is 0.106 e. The topological polar surface area (TPSA) is 21.6 Å². The van der Waals surface area contributed by atoms with Gasteiger partial charge in [0.25, 0.3) is 0 Å². The van der Waals surface area contributed by atoms with Gasteiger partial charge in [-0.05, 0) is 12.8 Å². The minimum atomic E-state index is 0.611. The van der Waals surface area contributed by atoms with Crippen LogP contribution in [-0.4, -0.2) is 13.3 Å². The van der Waals surface area contributed by atoms with Gasteiger partial charge in [0.15, 0.2) is 0 Å². The van der Waals surface area contributed by atoms with Gasteiger partial charge < -0.3 is 4.84 Å². The Labute approximate surface area is 43.2 Å². The number of hydrogen-bond acceptors (Lipinski definition) is 2. The normalized spacial score (nSPS) is 20.7. The standard InChI is InChI=1S/C5H8NO/c1-7-6-4-5-2-3-5/h2,4-5H,3H2,1H3/b6-4+. The van der Waals surface area contributed by atoms with Gasteiger partial charge in [-0.15, -0.1) is 0 Å². The molecule has 0 aliphatic heterocycles. The van der Waals surface area contributed by atoms with E-state index >= 15 is 0 Å². The Kier molecular flexibility index (Phi) is 1.29. The van der Waals surface area contributed by atoms with Gasteiger partial charge >= 0.3 is 0 Å². The third-order valence-electron chi connectivity index (χ3n) is 0.866. The van der Waals surface area contributed by atoms with Crippen molar-refractivity contribution in [3.05, 3.63) is 6.42 Å². The van der Waals surface area contributed by atoms with Crippen molar-refractivity contribution >= 4 is 6.21 Å². The highest BCUT2D eigenvalue weighted by atomic mass is 16.6. The summed E-state index contributed by atoms with van der Waals surface area (Å²) in [6, 6.07) is 0. The summed E-state index contributed by atoms with van der Waals surface area (Å²) in [7, 11) is 1.55. The summed E-state index contributed by atoms with van der Waals surface area (Å²) >= 11 is 0. The average Bonchev–Trinajstić information content (AvgIpc) is 2.42. The minimum absolute atomic E-state index is 0.611. The maximum Gasteiger partial charge on any atom is 0.106 e. The van der Waals surface area contributed by atoms with Crippen LogP contribution >= 0.6 is 0 Å². The summed E-state index contributed by atoms with van der Waals surface area (Å²) < 4.78 is 0. The van der Waals surface area contributed by atoms with Gasteiger partial charge in [-0.1, -0.05) is 5.16 Å². The lowest BCUT2D eigenvalue weighted by Crippen LogP contribution is -1.75. The summed E-state index contributed by atoms with van der Waals surface area (Å²) in [6.07, 6.45) is 5.15. The maximum atomic E-state index is 4.44. The van der Waals surface area contributed by atoms with Crippen LogP contribution in [0.15, 0.2) is 5.16 Å². The first-order chi connectivity index (χ1) is 3.43. The number of nitrogens with zero attached hydrogens (tertiary/aromatic N) is 1. The first-order valence-corrected chi connectivity index (χ1v) is 2.33. The Morgan fingerprint density at radius 3 is 3.14 bits per heavy atom. The quantitative estimate of drug-likeness (QED) is 0.370. The number of oxime groups is 1. The van der Waals surface area contributed by atoms with Crippen LogP contribution in [0.3, 0.4) is 0 Å². The predicted molar refractivity (Wildman–Crippen MR) is 27.9 cm³/mol. The van der Waals surface area contributed by atoms with Gasteiger partial charge in [-0.2, -0.15) is 0 Å². The summed E-state index contributed by atoms with van der Waals surface area (Å²) in [5.41, 5.74) is 0. The molecule has 2 nitrogen and oxygen atoms in total. The molecule has 1 fully saturated rings. The van der Waals surface area contributed by atoms with Gasteiger partial charge in [0.2, 0.25) is 0 Å². The molecule has 1 saturated carbocycles. The SMILES string of the molecule is CO/N=C/C1[CH]C1. The summed E-state index contributed by atoms with van der Waals surface area (Å²) in [5.74, 6) is 0.611. The minimum Gasteiger partial charge on any atom is -0.399 e. The molecule has 0 amide bonds. The molecule has 0 N–H and O–H groups in total. The zero-order valence-corrected chi connectivity index (χ0v) is 4.29. The summed E-state index contributed by atoms with van der Waals surface area (Å²) in [6.45, 7) is 0. The fraction of sp³-hybridized carbons (Fsp3) is 0.600. The highest BCUT2D eigenvalue weighted by Crippen LogP contribution is 2.24. The molecular weight excluding hydrogens is 90.1 g/mol. The second kappa shape index (κ2) is 1.96. The molecule has 0 saturated heterocycles. The van der Waals surface area contributed by atoms with Crippen LogP contribution in [0.1, 0.15) is 6.42 Å². The highest BCUT2D eigenvalue weighted by Gasteiger charge is 2.18. The lowest BCUT2D eigenvalue weighted by atomic mass is 10.5. The van der Waals surface area contributed by atoms with Crippen molar-refractivity contribution in [2.45, 2.75) is 6.42 Å². The lowest BCUT2D eigenvalue weighted by molar-refractivity contribution is 0.214. The van der Waals surface area contributed by atoms with Gasteiger partial charge in [-0.3, -0.25) is 0 Å². The summed E-state index contributed by atoms with van der Waals surface area (Å²) in [4.78, 5) is 4.44. The molecular formula is C5H8NO. The molecule has 0 bridgehead atoms. The van der Waals surface area contributed by atoms with E-state index in [1.54, 1.807) is 13.3 Å². The van der Waals surface area contributed by atoms with E-state index < -0.39 is 0 Å². The van der Waals surface area contributed by atoms with Crippen LogP contribution in [0, 0.1) is 12.3 Å². The second-order valence-electron chi connectivity index (χ2n) is 1.57. The molecule has 7 heavy (non-hydrogen) atoms. The predicted octanol–water partition coefficient (Wildman–Crippen LogP) is 0.843. The molecule has 1 aliphatic rings. The first kappa shape index (κ1) is 4.62. The molecule has 1 radical (unpaired) electrons. The van der Waals surface area contributed by atoms with Crippen molar-refractivity contribution in [3.63, 3.8) is 0 Å². The van der Waals surface area contributed by atoms with E-state index in [9.17, 15) is 0 Å². The van der Waals surface area contributed by atoms with E-state index in [0.717, 1.165) is 0 Å². The second-order valence-corrected chi connectivity index (χ2v) is 1.57. The van der Waals surface area contributed by atoms with Crippen molar-refractivity contribution in [1.29, 1.82) is 0 Å². The molecule has 0 heterocycles. The van der Waals surface area contributed by atoms with Crippen LogP contribution in [0.25, 0.3) is 0 Å². The van der Waals surface area contributed by atoms with Crippen molar-refractivity contribution in [2.75, 3.05) is 7.11 Å². The van der Waals surface area contributed by atoms with Crippen molar-refractivity contribution in [1.82, 2.24) is 0 Å². The van der Waals surface area contributed by atoms with Crippen molar-refractivity contribution < 1.29 is 4.84 Å². The van der Waals surface area contributed by atoms with Crippen LogP contribution in [0.4, 0.5) is 0 Å². The first-order valence-electron chi connectivity index (χ1n) is 2.33. The zero-order chi connectivity index (χ0) is 5.11. The third kappa shape index (κ3) is 1.57. The zero-order valence-electron chi connectivity index (χ0n) is 4.29. The van der Waals surface area contributed by atoms with E-state index in [0.29, 0.717) is 5.92 Å². The Balaban J connectivity index is 2.05. The molecule has 39 valence electrons. The fourth-order valence-corrected chi connectivity index (χ4v) is 0.339. The fourth-order valence-electron chi connectivity index (χ4n) is 0.339. The van der Waals surface area contributed by atoms with E-state index in [2.05, 4.69) is 16.4 Å². The Morgan fingerprint density at radius 2 is 2.71 bits per heavy atom. The molecule has 1 rings (SSSR count). The van der Waals surface area contributed by atoms with Gasteiger partial charge in [0.1, 0.15) is 7.11 Å². The van der Waals surface area contributed by atoms with Crippen molar-refractivity contribution in [2.24, 2.45) is 11.1 Å². The molecule has 0 aromatic rings. The molecule has 0 spiro atoms. The van der Waals surface area contributed by atoms with Gasteiger partial charge in [0, 0.05) is 12.1 Å². The molecule has 1 atom stereocenters. The number of rotatable bonds is 2. The van der Waals surface area contributed by atoms with Crippen LogP contribution in [0.5, 0.6) is 0 Å². The van der Waals surface area contributed by atoms with Gasteiger partial charge in [0.05, 0.1) is 0 Å². The van der Waals surface area contributed by atoms with Crippen LogP contribution in [-0.2, 0) is 4.84 Å². The van der Waals surface area contributed by atoms with Crippen LogP contribution in [0.2, 0.25) is 0 Å².